The van der Waals surface area contributed by atoms with Crippen molar-refractivity contribution in [2.75, 3.05) is 27.7 Å². The maximum absolute atomic E-state index is 11.3. The Bertz CT molecular complexity index is 203. The number of nitrogens with zero attached hydrogens (tertiary/aromatic N) is 1. The van der Waals surface area contributed by atoms with E-state index in [2.05, 4.69) is 12.2 Å². The molecule has 1 atom stereocenters. The van der Waals surface area contributed by atoms with Crippen molar-refractivity contribution in [2.24, 2.45) is 0 Å². The molecule has 0 aliphatic heterocycles. The molecule has 4 nitrogen and oxygen atoms in total. The number of carbonyl (C=O) groups is 1. The lowest BCUT2D eigenvalue weighted by atomic mass is 10.00. The van der Waals surface area contributed by atoms with Crippen molar-refractivity contribution in [3.05, 3.63) is 0 Å². The topological polar surface area (TPSA) is 41.6 Å². The maximum Gasteiger partial charge on any atom is 0.236 e. The highest BCUT2D eigenvalue weighted by Gasteiger charge is 2.20. The van der Waals surface area contributed by atoms with Gasteiger partial charge in [0.05, 0.1) is 12.1 Å². The van der Waals surface area contributed by atoms with Gasteiger partial charge in [0, 0.05) is 27.2 Å². The first-order chi connectivity index (χ1) is 6.78. The second-order valence-electron chi connectivity index (χ2n) is 4.74. The highest BCUT2D eigenvalue weighted by Crippen LogP contribution is 2.14. The van der Waals surface area contributed by atoms with Gasteiger partial charge in [-0.15, -0.1) is 0 Å². The Morgan fingerprint density at radius 2 is 2.00 bits per heavy atom. The zero-order valence-corrected chi connectivity index (χ0v) is 10.8. The molecule has 0 aliphatic carbocycles. The summed E-state index contributed by atoms with van der Waals surface area (Å²) in [5.41, 5.74) is -0.145. The van der Waals surface area contributed by atoms with Crippen LogP contribution in [-0.4, -0.2) is 50.2 Å². The summed E-state index contributed by atoms with van der Waals surface area (Å²) in [6.07, 6.45) is 0.879. The number of ether oxygens (including phenoxy) is 1. The fraction of sp³-hybridized carbons (Fsp3) is 0.909. The molecule has 0 rings (SSSR count). The molecule has 0 aromatic heterocycles. The fourth-order valence-electron chi connectivity index (χ4n) is 1.31. The van der Waals surface area contributed by atoms with Crippen molar-refractivity contribution in [2.45, 2.75) is 38.8 Å². The van der Waals surface area contributed by atoms with Gasteiger partial charge in [-0.25, -0.2) is 0 Å². The molecule has 1 unspecified atom stereocenters. The molecule has 4 heteroatoms. The highest BCUT2D eigenvalue weighted by molar-refractivity contribution is 5.77. The number of rotatable bonds is 6. The van der Waals surface area contributed by atoms with E-state index in [1.807, 2.05) is 13.8 Å². The summed E-state index contributed by atoms with van der Waals surface area (Å²) < 4.78 is 5.33. The average molecular weight is 216 g/mol. The van der Waals surface area contributed by atoms with Crippen LogP contribution in [-0.2, 0) is 9.53 Å². The van der Waals surface area contributed by atoms with Crippen molar-refractivity contribution < 1.29 is 9.53 Å². The fourth-order valence-corrected chi connectivity index (χ4v) is 1.31. The predicted molar refractivity (Wildman–Crippen MR) is 61.9 cm³/mol. The van der Waals surface area contributed by atoms with Gasteiger partial charge >= 0.3 is 0 Å². The standard InChI is InChI=1S/C11H24N2O2/c1-9(7-11(2,3)15-6)12-8-10(14)13(4)5/h9,12H,7-8H2,1-6H3. The summed E-state index contributed by atoms with van der Waals surface area (Å²) in [4.78, 5) is 12.9. The normalized spacial score (nSPS) is 13.7. The van der Waals surface area contributed by atoms with Crippen LogP contribution < -0.4 is 5.32 Å². The Labute approximate surface area is 93.0 Å². The quantitative estimate of drug-likeness (QED) is 0.716. The molecule has 0 saturated heterocycles. The molecule has 0 fully saturated rings. The molecule has 1 amide bonds. The van der Waals surface area contributed by atoms with Crippen molar-refractivity contribution in [3.63, 3.8) is 0 Å². The lowest BCUT2D eigenvalue weighted by Crippen LogP contribution is -2.41. The number of nitrogens with one attached hydrogen (secondary N) is 1. The Morgan fingerprint density at radius 1 is 1.47 bits per heavy atom. The van der Waals surface area contributed by atoms with Gasteiger partial charge in [-0.3, -0.25) is 4.79 Å². The Morgan fingerprint density at radius 3 is 2.40 bits per heavy atom. The van der Waals surface area contributed by atoms with Crippen LogP contribution in [0, 0.1) is 0 Å². The summed E-state index contributed by atoms with van der Waals surface area (Å²) in [5, 5.41) is 3.18. The van der Waals surface area contributed by atoms with Crippen LogP contribution in [0.5, 0.6) is 0 Å². The number of amides is 1. The zero-order chi connectivity index (χ0) is 12.1. The first-order valence-corrected chi connectivity index (χ1v) is 5.27. The second-order valence-corrected chi connectivity index (χ2v) is 4.74. The van der Waals surface area contributed by atoms with Gasteiger partial charge in [0.25, 0.3) is 0 Å². The minimum absolute atomic E-state index is 0.0945. The molecule has 0 radical (unpaired) electrons. The lowest BCUT2D eigenvalue weighted by molar-refractivity contribution is -0.127. The molecule has 0 bridgehead atoms. The van der Waals surface area contributed by atoms with Crippen LogP contribution in [0.3, 0.4) is 0 Å². The van der Waals surface area contributed by atoms with Crippen LogP contribution >= 0.6 is 0 Å². The van der Waals surface area contributed by atoms with E-state index < -0.39 is 0 Å². The van der Waals surface area contributed by atoms with E-state index in [1.165, 1.54) is 0 Å². The largest absolute Gasteiger partial charge is 0.379 e. The summed E-state index contributed by atoms with van der Waals surface area (Å²) in [5.74, 6) is 0.0945. The van der Waals surface area contributed by atoms with Crippen LogP contribution in [0.1, 0.15) is 27.2 Å². The first kappa shape index (κ1) is 14.4. The minimum Gasteiger partial charge on any atom is -0.379 e. The van der Waals surface area contributed by atoms with Gasteiger partial charge in [-0.2, -0.15) is 0 Å². The lowest BCUT2D eigenvalue weighted by Gasteiger charge is -2.27. The molecule has 90 valence electrons. The molecule has 0 heterocycles. The molecular formula is C11H24N2O2. The summed E-state index contributed by atoms with van der Waals surface area (Å²) in [6.45, 7) is 6.52. The molecule has 0 aromatic rings. The third kappa shape index (κ3) is 6.47. The number of likely N-dealkylation sites (N-methyl/N-ethyl adjacent to an activating group) is 1. The van der Waals surface area contributed by atoms with Crippen LogP contribution in [0.4, 0.5) is 0 Å². The van der Waals surface area contributed by atoms with Gasteiger partial charge in [-0.05, 0) is 27.2 Å². The maximum atomic E-state index is 11.3. The van der Waals surface area contributed by atoms with Crippen molar-refractivity contribution in [1.29, 1.82) is 0 Å². The van der Waals surface area contributed by atoms with E-state index in [0.717, 1.165) is 6.42 Å². The molecular weight excluding hydrogens is 192 g/mol. The minimum atomic E-state index is -0.145. The third-order valence-electron chi connectivity index (χ3n) is 2.45. The van der Waals surface area contributed by atoms with Gasteiger partial charge in [-0.1, -0.05) is 0 Å². The van der Waals surface area contributed by atoms with Crippen molar-refractivity contribution in [3.8, 4) is 0 Å². The average Bonchev–Trinajstić information content (AvgIpc) is 2.13. The third-order valence-corrected chi connectivity index (χ3v) is 2.45. The van der Waals surface area contributed by atoms with Crippen LogP contribution in [0.25, 0.3) is 0 Å². The van der Waals surface area contributed by atoms with E-state index in [1.54, 1.807) is 26.1 Å². The van der Waals surface area contributed by atoms with Crippen LogP contribution in [0.15, 0.2) is 0 Å². The number of hydrogen-bond donors (Lipinski definition) is 1. The molecule has 0 aliphatic rings. The van der Waals surface area contributed by atoms with E-state index in [-0.39, 0.29) is 17.6 Å². The van der Waals surface area contributed by atoms with Crippen LogP contribution in [0.2, 0.25) is 0 Å². The van der Waals surface area contributed by atoms with Gasteiger partial charge in [0.1, 0.15) is 0 Å². The van der Waals surface area contributed by atoms with E-state index in [9.17, 15) is 4.79 Å². The number of hydrogen-bond acceptors (Lipinski definition) is 3. The molecule has 0 spiro atoms. The Kier molecular flexibility index (Phi) is 5.83. The molecule has 0 saturated carbocycles. The Hall–Kier alpha value is -0.610. The summed E-state index contributed by atoms with van der Waals surface area (Å²) >= 11 is 0. The van der Waals surface area contributed by atoms with Gasteiger partial charge in [0.15, 0.2) is 0 Å². The van der Waals surface area contributed by atoms with Gasteiger partial charge < -0.3 is 15.0 Å². The summed E-state index contributed by atoms with van der Waals surface area (Å²) in [6, 6.07) is 0.267. The van der Waals surface area contributed by atoms with E-state index in [4.69, 9.17) is 4.74 Å². The second kappa shape index (κ2) is 6.08. The molecule has 15 heavy (non-hydrogen) atoms. The Balaban J connectivity index is 3.85. The number of carbonyl (C=O) groups excluding carboxylic acids is 1. The highest BCUT2D eigenvalue weighted by atomic mass is 16.5. The van der Waals surface area contributed by atoms with Crippen molar-refractivity contribution >= 4 is 5.91 Å². The monoisotopic (exact) mass is 216 g/mol. The van der Waals surface area contributed by atoms with Gasteiger partial charge in [0.2, 0.25) is 5.91 Å². The zero-order valence-electron chi connectivity index (χ0n) is 10.8. The first-order valence-electron chi connectivity index (χ1n) is 5.27. The van der Waals surface area contributed by atoms with Crippen molar-refractivity contribution in [1.82, 2.24) is 10.2 Å². The molecule has 0 aromatic carbocycles. The van der Waals surface area contributed by atoms with E-state index in [0.29, 0.717) is 6.54 Å². The smallest absolute Gasteiger partial charge is 0.236 e. The SMILES string of the molecule is COC(C)(C)CC(C)NCC(=O)N(C)C. The number of methoxy groups -OCH3 is 1. The molecule has 1 N–H and O–H groups in total. The predicted octanol–water partition coefficient (Wildman–Crippen LogP) is 0.868. The van der Waals surface area contributed by atoms with E-state index >= 15 is 0 Å². The summed E-state index contributed by atoms with van der Waals surface area (Å²) in [7, 11) is 5.22.